The molecular formula is C33H32F3N3O4. The maximum atomic E-state index is 13.7. The van der Waals surface area contributed by atoms with Crippen LogP contribution in [0.25, 0.3) is 32.8 Å². The zero-order valence-electron chi connectivity index (χ0n) is 23.8. The van der Waals surface area contributed by atoms with Gasteiger partial charge in [0.05, 0.1) is 36.5 Å². The lowest BCUT2D eigenvalue weighted by atomic mass is 9.97. The predicted molar refractivity (Wildman–Crippen MR) is 158 cm³/mol. The third-order valence-corrected chi connectivity index (χ3v) is 8.00. The second-order valence-corrected chi connectivity index (χ2v) is 10.9. The number of carboxylic acid groups (broad SMARTS) is 1. The summed E-state index contributed by atoms with van der Waals surface area (Å²) in [7, 11) is 1.62. The quantitative estimate of drug-likeness (QED) is 0.201. The van der Waals surface area contributed by atoms with E-state index < -0.39 is 18.6 Å². The van der Waals surface area contributed by atoms with Crippen LogP contribution in [0.4, 0.5) is 13.2 Å². The zero-order chi connectivity index (χ0) is 30.1. The second-order valence-electron chi connectivity index (χ2n) is 10.9. The molecule has 10 heteroatoms. The smallest absolute Gasteiger partial charge is 0.394 e. The van der Waals surface area contributed by atoms with E-state index in [4.69, 9.17) is 9.47 Å². The van der Waals surface area contributed by atoms with Gasteiger partial charge < -0.3 is 19.1 Å². The number of rotatable bonds is 7. The van der Waals surface area contributed by atoms with Crippen molar-refractivity contribution in [3.63, 3.8) is 0 Å². The van der Waals surface area contributed by atoms with Gasteiger partial charge in [-0.15, -0.1) is 0 Å². The fourth-order valence-corrected chi connectivity index (χ4v) is 6.21. The van der Waals surface area contributed by atoms with E-state index in [2.05, 4.69) is 5.10 Å². The summed E-state index contributed by atoms with van der Waals surface area (Å²) in [6.45, 7) is 1.28. The lowest BCUT2D eigenvalue weighted by molar-refractivity contribution is -0.127. The van der Waals surface area contributed by atoms with Gasteiger partial charge in [-0.1, -0.05) is 54.6 Å². The van der Waals surface area contributed by atoms with Gasteiger partial charge in [0.1, 0.15) is 11.4 Å². The van der Waals surface area contributed by atoms with E-state index in [1.165, 1.54) is 4.68 Å². The van der Waals surface area contributed by atoms with E-state index in [1.54, 1.807) is 23.7 Å². The molecule has 0 radical (unpaired) electrons. The van der Waals surface area contributed by atoms with Crippen molar-refractivity contribution in [2.45, 2.75) is 51.4 Å². The van der Waals surface area contributed by atoms with Crippen molar-refractivity contribution in [2.24, 2.45) is 7.05 Å². The Morgan fingerprint density at radius 1 is 1.05 bits per heavy atom. The maximum absolute atomic E-state index is 13.7. The molecule has 43 heavy (non-hydrogen) atoms. The van der Waals surface area contributed by atoms with Crippen LogP contribution >= 0.6 is 0 Å². The van der Waals surface area contributed by atoms with Crippen LogP contribution in [0.2, 0.25) is 0 Å². The second kappa shape index (κ2) is 11.8. The monoisotopic (exact) mass is 591 g/mol. The Kier molecular flexibility index (Phi) is 7.87. The van der Waals surface area contributed by atoms with Gasteiger partial charge in [-0.05, 0) is 42.7 Å². The van der Waals surface area contributed by atoms with Gasteiger partial charge in [0.2, 0.25) is 0 Å². The summed E-state index contributed by atoms with van der Waals surface area (Å²) in [6, 6.07) is 19.2. The summed E-state index contributed by atoms with van der Waals surface area (Å²) in [5, 5.41) is 17.5. The summed E-state index contributed by atoms with van der Waals surface area (Å²) in [5.41, 5.74) is 2.75. The standard InChI is InChI=1S/C33H32F3N3O4/c1-38-27-20-42-17-5-4-16-39-30-23(12-7-13-25(30)29(27)26(37-38)19-33(34,35)36)24(31(39)32(40)41)14-8-18-43-28-15-6-10-21-9-2-3-11-22(21)28/h2-3,6-7,9-13,15H,4-5,8,14,16-20H2,1H3,(H,40,41). The average molecular weight is 592 g/mol. The number of aryl methyl sites for hydroxylation is 3. The molecule has 0 fully saturated rings. The molecule has 0 saturated carbocycles. The number of hydrogen-bond acceptors (Lipinski definition) is 4. The number of alkyl halides is 3. The molecule has 0 amide bonds. The van der Waals surface area contributed by atoms with Gasteiger partial charge in [0.15, 0.2) is 0 Å². The third kappa shape index (κ3) is 5.71. The Balaban J connectivity index is 1.42. The molecule has 3 aromatic carbocycles. The third-order valence-electron chi connectivity index (χ3n) is 8.00. The number of benzene rings is 3. The highest BCUT2D eigenvalue weighted by molar-refractivity contribution is 6.04. The number of carboxylic acids is 1. The number of nitrogens with zero attached hydrogens (tertiary/aromatic N) is 3. The van der Waals surface area contributed by atoms with Crippen LogP contribution in [0, 0.1) is 0 Å². The van der Waals surface area contributed by atoms with Crippen LogP contribution in [0.1, 0.15) is 46.7 Å². The fraction of sp³-hybridized carbons (Fsp3) is 0.333. The Morgan fingerprint density at radius 3 is 2.63 bits per heavy atom. The van der Waals surface area contributed by atoms with Crippen molar-refractivity contribution in [1.82, 2.24) is 14.3 Å². The minimum atomic E-state index is -4.47. The number of aromatic nitrogens is 3. The molecule has 2 aromatic heterocycles. The number of aromatic carboxylic acids is 1. The van der Waals surface area contributed by atoms with Gasteiger partial charge in [0, 0.05) is 42.1 Å². The van der Waals surface area contributed by atoms with Crippen molar-refractivity contribution in [3.8, 4) is 16.9 Å². The van der Waals surface area contributed by atoms with Crippen LogP contribution in [-0.2, 0) is 37.8 Å². The van der Waals surface area contributed by atoms with Gasteiger partial charge >= 0.3 is 12.1 Å². The number of para-hydroxylation sites is 1. The first-order chi connectivity index (χ1) is 20.7. The number of carbonyl (C=O) groups is 1. The largest absolute Gasteiger partial charge is 0.493 e. The van der Waals surface area contributed by atoms with Crippen LogP contribution in [0.5, 0.6) is 5.75 Å². The topological polar surface area (TPSA) is 78.5 Å². The number of halogens is 3. The van der Waals surface area contributed by atoms with Crippen molar-refractivity contribution >= 4 is 27.6 Å². The first-order valence-corrected chi connectivity index (χ1v) is 14.4. The molecule has 5 aromatic rings. The minimum absolute atomic E-state index is 0.102. The Hall–Kier alpha value is -4.31. The Bertz CT molecular complexity index is 1800. The van der Waals surface area contributed by atoms with Crippen molar-refractivity contribution < 1.29 is 32.5 Å². The van der Waals surface area contributed by atoms with Crippen LogP contribution in [0.3, 0.4) is 0 Å². The molecule has 3 heterocycles. The Morgan fingerprint density at radius 2 is 1.81 bits per heavy atom. The highest BCUT2D eigenvalue weighted by atomic mass is 19.4. The number of hydrogen-bond donors (Lipinski definition) is 1. The summed E-state index contributed by atoms with van der Waals surface area (Å²) >= 11 is 0. The molecule has 7 nitrogen and oxygen atoms in total. The summed E-state index contributed by atoms with van der Waals surface area (Å²) < 4.78 is 56.2. The zero-order valence-corrected chi connectivity index (χ0v) is 23.8. The van der Waals surface area contributed by atoms with Crippen molar-refractivity contribution in [2.75, 3.05) is 13.2 Å². The minimum Gasteiger partial charge on any atom is -0.493 e. The molecule has 1 aliphatic rings. The molecule has 0 spiro atoms. The van der Waals surface area contributed by atoms with Gasteiger partial charge in [0.25, 0.3) is 0 Å². The number of fused-ring (bicyclic) bond motifs is 3. The molecule has 1 aliphatic heterocycles. The van der Waals surface area contributed by atoms with Crippen LogP contribution in [-0.4, -0.2) is 44.8 Å². The molecule has 0 saturated heterocycles. The lowest BCUT2D eigenvalue weighted by Crippen LogP contribution is -2.13. The molecule has 224 valence electrons. The molecule has 6 rings (SSSR count). The molecule has 1 N–H and O–H groups in total. The predicted octanol–water partition coefficient (Wildman–Crippen LogP) is 7.32. The molecule has 0 aliphatic carbocycles. The van der Waals surface area contributed by atoms with Gasteiger partial charge in [-0.2, -0.15) is 18.3 Å². The Labute approximate surface area is 246 Å². The summed E-state index contributed by atoms with van der Waals surface area (Å²) in [6.07, 6.45) is -3.34. The van der Waals surface area contributed by atoms with Crippen LogP contribution < -0.4 is 4.74 Å². The van der Waals surface area contributed by atoms with Crippen molar-refractivity contribution in [1.29, 1.82) is 0 Å². The summed E-state index contributed by atoms with van der Waals surface area (Å²) in [4.78, 5) is 12.8. The van der Waals surface area contributed by atoms with E-state index in [1.807, 2.05) is 48.5 Å². The number of ether oxygens (including phenoxy) is 2. The van der Waals surface area contributed by atoms with E-state index >= 15 is 0 Å². The average Bonchev–Trinajstić information content (AvgIpc) is 3.43. The molecule has 0 bridgehead atoms. The maximum Gasteiger partial charge on any atom is 0.394 e. The highest BCUT2D eigenvalue weighted by Crippen LogP contribution is 2.40. The van der Waals surface area contributed by atoms with E-state index in [0.717, 1.165) is 16.5 Å². The molecule has 0 unspecified atom stereocenters. The molecule has 0 atom stereocenters. The highest BCUT2D eigenvalue weighted by Gasteiger charge is 2.34. The SMILES string of the molecule is Cn1nc(CC(F)(F)F)c2c1COCCCCn1c(C(=O)O)c(CCCOc3cccc4ccccc34)c3cccc-2c31. The molecular weight excluding hydrogens is 559 g/mol. The van der Waals surface area contributed by atoms with E-state index in [0.29, 0.717) is 78.7 Å². The first-order valence-electron chi connectivity index (χ1n) is 14.4. The van der Waals surface area contributed by atoms with Crippen LogP contribution in [0.15, 0.2) is 60.7 Å². The fourth-order valence-electron chi connectivity index (χ4n) is 6.21. The normalized spacial score (nSPS) is 14.0. The van der Waals surface area contributed by atoms with Gasteiger partial charge in [-0.25, -0.2) is 4.79 Å². The first kappa shape index (κ1) is 28.8. The summed E-state index contributed by atoms with van der Waals surface area (Å²) in [5.74, 6) is -0.306. The van der Waals surface area contributed by atoms with Crippen molar-refractivity contribution in [3.05, 3.63) is 83.3 Å². The van der Waals surface area contributed by atoms with E-state index in [-0.39, 0.29) is 18.0 Å². The lowest BCUT2D eigenvalue weighted by Gasteiger charge is -2.13. The van der Waals surface area contributed by atoms with E-state index in [9.17, 15) is 23.1 Å². The van der Waals surface area contributed by atoms with Gasteiger partial charge in [-0.3, -0.25) is 4.68 Å².